The summed E-state index contributed by atoms with van der Waals surface area (Å²) in [6, 6.07) is 5.24. The summed E-state index contributed by atoms with van der Waals surface area (Å²) >= 11 is 0. The van der Waals surface area contributed by atoms with Crippen molar-refractivity contribution in [1.82, 2.24) is 5.32 Å². The Kier molecular flexibility index (Phi) is 4.68. The number of amides is 1. The average molecular weight is 281 g/mol. The number of carbonyl (C=O) groups excluding carboxylic acids is 1. The van der Waals surface area contributed by atoms with Crippen LogP contribution in [0.25, 0.3) is 0 Å². The summed E-state index contributed by atoms with van der Waals surface area (Å²) in [6.45, 7) is 0.912. The molecule has 1 aliphatic heterocycles. The van der Waals surface area contributed by atoms with Crippen LogP contribution in [0.15, 0.2) is 24.3 Å². The molecule has 0 bridgehead atoms. The van der Waals surface area contributed by atoms with Crippen molar-refractivity contribution in [2.75, 3.05) is 19.8 Å². The van der Waals surface area contributed by atoms with Crippen molar-refractivity contribution in [2.24, 2.45) is 5.92 Å². The molecule has 0 radical (unpaired) electrons. The lowest BCUT2D eigenvalue weighted by Gasteiger charge is -2.15. The van der Waals surface area contributed by atoms with Gasteiger partial charge in [-0.3, -0.25) is 9.59 Å². The smallest absolute Gasteiger partial charge is 0.312 e. The van der Waals surface area contributed by atoms with E-state index in [9.17, 15) is 19.1 Å². The molecule has 5 nitrogen and oxygen atoms in total. The van der Waals surface area contributed by atoms with E-state index in [1.165, 1.54) is 24.3 Å². The Morgan fingerprint density at radius 2 is 2.10 bits per heavy atom. The van der Waals surface area contributed by atoms with E-state index in [-0.39, 0.29) is 18.4 Å². The molecule has 2 atom stereocenters. The summed E-state index contributed by atoms with van der Waals surface area (Å²) < 4.78 is 18.0. The number of ether oxygens (including phenoxy) is 1. The number of hydrogen-bond acceptors (Lipinski definition) is 3. The fraction of sp³-hybridized carbons (Fsp3) is 0.429. The lowest BCUT2D eigenvalue weighted by molar-refractivity contribution is -0.138. The minimum Gasteiger partial charge on any atom is -0.481 e. The maximum absolute atomic E-state index is 12.8. The summed E-state index contributed by atoms with van der Waals surface area (Å²) in [7, 11) is 0. The van der Waals surface area contributed by atoms with Crippen molar-refractivity contribution in [1.29, 1.82) is 0 Å². The Bertz CT molecular complexity index is 482. The minimum absolute atomic E-state index is 0.0176. The van der Waals surface area contributed by atoms with Crippen LogP contribution in [0.5, 0.6) is 0 Å². The molecule has 108 valence electrons. The highest BCUT2D eigenvalue weighted by Crippen LogP contribution is 2.17. The predicted molar refractivity (Wildman–Crippen MR) is 68.7 cm³/mol. The highest BCUT2D eigenvalue weighted by Gasteiger charge is 2.26. The fourth-order valence-electron chi connectivity index (χ4n) is 2.13. The number of aliphatic carboxylic acids is 1. The summed E-state index contributed by atoms with van der Waals surface area (Å²) in [5.41, 5.74) is 0.460. The van der Waals surface area contributed by atoms with Gasteiger partial charge in [0.25, 0.3) is 0 Å². The monoisotopic (exact) mass is 281 g/mol. The topological polar surface area (TPSA) is 75.6 Å². The molecule has 6 heteroatoms. The van der Waals surface area contributed by atoms with Gasteiger partial charge in [-0.25, -0.2) is 4.39 Å². The van der Waals surface area contributed by atoms with Crippen LogP contribution in [0.2, 0.25) is 0 Å². The number of carboxylic acid groups (broad SMARTS) is 1. The van der Waals surface area contributed by atoms with E-state index in [2.05, 4.69) is 5.32 Å². The predicted octanol–water partition coefficient (Wildman–Crippen LogP) is 1.15. The molecule has 2 unspecified atom stereocenters. The molecule has 20 heavy (non-hydrogen) atoms. The van der Waals surface area contributed by atoms with Crippen molar-refractivity contribution in [3.05, 3.63) is 35.6 Å². The van der Waals surface area contributed by atoms with Gasteiger partial charge >= 0.3 is 5.97 Å². The van der Waals surface area contributed by atoms with Crippen LogP contribution >= 0.6 is 0 Å². The quantitative estimate of drug-likeness (QED) is 0.849. The Morgan fingerprint density at radius 3 is 2.65 bits per heavy atom. The molecule has 2 N–H and O–H groups in total. The third-order valence-corrected chi connectivity index (χ3v) is 3.35. The van der Waals surface area contributed by atoms with Gasteiger partial charge < -0.3 is 15.2 Å². The maximum Gasteiger partial charge on any atom is 0.312 e. The summed E-state index contributed by atoms with van der Waals surface area (Å²) in [5.74, 6) is -2.78. The molecular formula is C14H16FNO4. The van der Waals surface area contributed by atoms with Gasteiger partial charge in [-0.15, -0.1) is 0 Å². The first-order valence-corrected chi connectivity index (χ1v) is 6.41. The molecule has 0 aliphatic carbocycles. The normalized spacial score (nSPS) is 19.6. The second-order valence-corrected chi connectivity index (χ2v) is 4.75. The zero-order valence-corrected chi connectivity index (χ0v) is 10.8. The van der Waals surface area contributed by atoms with Gasteiger partial charge in [0.15, 0.2) is 0 Å². The van der Waals surface area contributed by atoms with Crippen molar-refractivity contribution in [3.8, 4) is 0 Å². The molecule has 1 aromatic rings. The van der Waals surface area contributed by atoms with Gasteiger partial charge in [0, 0.05) is 13.2 Å². The van der Waals surface area contributed by atoms with Crippen molar-refractivity contribution < 1.29 is 23.8 Å². The molecule has 1 heterocycles. The first-order valence-electron chi connectivity index (χ1n) is 6.41. The van der Waals surface area contributed by atoms with Gasteiger partial charge in [-0.2, -0.15) is 0 Å². The second kappa shape index (κ2) is 6.47. The van der Waals surface area contributed by atoms with Gasteiger partial charge in [0.2, 0.25) is 5.91 Å². The zero-order valence-electron chi connectivity index (χ0n) is 10.8. The molecule has 2 rings (SSSR count). The molecule has 1 aliphatic rings. The number of carboxylic acids is 1. The van der Waals surface area contributed by atoms with Crippen LogP contribution in [0, 0.1) is 11.7 Å². The second-order valence-electron chi connectivity index (χ2n) is 4.75. The van der Waals surface area contributed by atoms with Crippen LogP contribution in [0.4, 0.5) is 4.39 Å². The Hall–Kier alpha value is -1.95. The number of carbonyl (C=O) groups is 2. The molecule has 0 aromatic heterocycles. The van der Waals surface area contributed by atoms with E-state index >= 15 is 0 Å². The van der Waals surface area contributed by atoms with Gasteiger partial charge in [-0.05, 0) is 24.1 Å². The molecule has 1 saturated heterocycles. The van der Waals surface area contributed by atoms with Crippen LogP contribution in [-0.2, 0) is 14.3 Å². The first kappa shape index (κ1) is 14.5. The molecule has 1 fully saturated rings. The third kappa shape index (κ3) is 3.54. The molecule has 0 spiro atoms. The maximum atomic E-state index is 12.8. The summed E-state index contributed by atoms with van der Waals surface area (Å²) in [5, 5.41) is 11.8. The van der Waals surface area contributed by atoms with Gasteiger partial charge in [0.1, 0.15) is 5.82 Å². The number of nitrogens with one attached hydrogen (secondary N) is 1. The number of rotatable bonds is 5. The minimum atomic E-state index is -1.06. The zero-order chi connectivity index (χ0) is 14.5. The van der Waals surface area contributed by atoms with Crippen molar-refractivity contribution >= 4 is 11.9 Å². The van der Waals surface area contributed by atoms with E-state index in [4.69, 9.17) is 4.74 Å². The van der Waals surface area contributed by atoms with Crippen LogP contribution in [0.3, 0.4) is 0 Å². The highest BCUT2D eigenvalue weighted by molar-refractivity contribution is 5.81. The van der Waals surface area contributed by atoms with Crippen LogP contribution in [-0.4, -0.2) is 36.7 Å². The number of hydrogen-bond donors (Lipinski definition) is 2. The van der Waals surface area contributed by atoms with Crippen LogP contribution in [0.1, 0.15) is 17.9 Å². The van der Waals surface area contributed by atoms with Crippen LogP contribution < -0.4 is 5.32 Å². The Balaban J connectivity index is 1.97. The van der Waals surface area contributed by atoms with E-state index in [0.717, 1.165) is 0 Å². The largest absolute Gasteiger partial charge is 0.481 e. The fourth-order valence-corrected chi connectivity index (χ4v) is 2.13. The number of benzene rings is 1. The van der Waals surface area contributed by atoms with Crippen molar-refractivity contribution in [2.45, 2.75) is 12.3 Å². The average Bonchev–Trinajstić information content (AvgIpc) is 2.94. The van der Waals surface area contributed by atoms with E-state index in [0.29, 0.717) is 25.2 Å². The molecule has 0 saturated carbocycles. The Labute approximate surface area is 115 Å². The van der Waals surface area contributed by atoms with E-state index in [1.807, 2.05) is 0 Å². The molecule has 1 amide bonds. The first-order chi connectivity index (χ1) is 9.58. The van der Waals surface area contributed by atoms with Crippen molar-refractivity contribution in [3.63, 3.8) is 0 Å². The van der Waals surface area contributed by atoms with E-state index in [1.54, 1.807) is 0 Å². The SMILES string of the molecule is O=C(NCC(C(=O)O)c1ccc(F)cc1)C1CCOC1. The van der Waals surface area contributed by atoms with Gasteiger partial charge in [0.05, 0.1) is 18.4 Å². The molecule has 1 aromatic carbocycles. The Morgan fingerprint density at radius 1 is 1.40 bits per heavy atom. The number of halogens is 1. The summed E-state index contributed by atoms with van der Waals surface area (Å²) in [4.78, 5) is 23.1. The lowest BCUT2D eigenvalue weighted by Crippen LogP contribution is -2.36. The van der Waals surface area contributed by atoms with E-state index < -0.39 is 17.7 Å². The summed E-state index contributed by atoms with van der Waals surface area (Å²) in [6.07, 6.45) is 0.653. The lowest BCUT2D eigenvalue weighted by atomic mass is 9.98. The standard InChI is InChI=1S/C14H16FNO4/c15-11-3-1-9(2-4-11)12(14(18)19)7-16-13(17)10-5-6-20-8-10/h1-4,10,12H,5-8H2,(H,16,17)(H,18,19). The third-order valence-electron chi connectivity index (χ3n) is 3.35. The highest BCUT2D eigenvalue weighted by atomic mass is 19.1. The van der Waals surface area contributed by atoms with Gasteiger partial charge in [-0.1, -0.05) is 12.1 Å². The molecular weight excluding hydrogens is 265 g/mol.